The van der Waals surface area contributed by atoms with Gasteiger partial charge in [-0.1, -0.05) is 0 Å². The molecule has 0 amide bonds. The van der Waals surface area contributed by atoms with Crippen molar-refractivity contribution in [2.24, 2.45) is 0 Å². The predicted molar refractivity (Wildman–Crippen MR) is 76.3 cm³/mol. The number of nitrogens with one attached hydrogen (secondary N) is 1. The Morgan fingerprint density at radius 3 is 2.90 bits per heavy atom. The van der Waals surface area contributed by atoms with Gasteiger partial charge in [0.15, 0.2) is 0 Å². The smallest absolute Gasteiger partial charge is 0.330 e. The molecule has 0 radical (unpaired) electrons. The minimum Gasteiger partial charge on any atom is -0.394 e. The zero-order valence-corrected chi connectivity index (χ0v) is 11.7. The highest BCUT2D eigenvalue weighted by Gasteiger charge is 2.35. The molecule has 1 fully saturated rings. The van der Waals surface area contributed by atoms with E-state index in [-0.39, 0.29) is 13.0 Å². The van der Waals surface area contributed by atoms with E-state index in [1.165, 1.54) is 22.1 Å². The number of hydrogen-bond donors (Lipinski definition) is 3. The van der Waals surface area contributed by atoms with E-state index in [0.29, 0.717) is 11.1 Å². The molecule has 2 aromatic rings. The minimum atomic E-state index is -0.844. The van der Waals surface area contributed by atoms with Crippen molar-refractivity contribution in [2.45, 2.75) is 24.9 Å². The normalized spacial score (nSPS) is 25.3. The van der Waals surface area contributed by atoms with E-state index in [0.717, 1.165) is 0 Å². The first-order valence-corrected chi connectivity index (χ1v) is 7.37. The molecule has 3 rings (SSSR count). The average Bonchev–Trinajstić information content (AvgIpc) is 3.08. The molecule has 1 aliphatic heterocycles. The highest BCUT2D eigenvalue weighted by Crippen LogP contribution is 2.28. The first-order valence-electron chi connectivity index (χ1n) is 6.42. The largest absolute Gasteiger partial charge is 0.394 e. The summed E-state index contributed by atoms with van der Waals surface area (Å²) in [5.41, 5.74) is 0.00955. The van der Waals surface area contributed by atoms with Crippen molar-refractivity contribution in [1.29, 1.82) is 0 Å². The number of H-pyrrole nitrogens is 1. The summed E-state index contributed by atoms with van der Waals surface area (Å²) in [5.74, 6) is 0. The summed E-state index contributed by atoms with van der Waals surface area (Å²) < 4.78 is 6.69. The molecule has 0 spiro atoms. The van der Waals surface area contributed by atoms with Crippen LogP contribution in [0.25, 0.3) is 11.1 Å². The fourth-order valence-corrected chi connectivity index (χ4v) is 3.03. The number of rotatable bonds is 3. The van der Waals surface area contributed by atoms with Crippen LogP contribution in [0.5, 0.6) is 0 Å². The SMILES string of the molecule is O=c1[nH]c(=O)n([C@@H]2C[C@@H](O)[C@H](CO)O2)cc1-c1ccsc1. The van der Waals surface area contributed by atoms with Gasteiger partial charge in [0, 0.05) is 12.6 Å². The molecule has 2 aromatic heterocycles. The predicted octanol–water partition coefficient (Wildman–Crippen LogP) is -0.0942. The first kappa shape index (κ1) is 14.2. The van der Waals surface area contributed by atoms with Crippen LogP contribution in [-0.4, -0.2) is 38.6 Å². The Kier molecular flexibility index (Phi) is 3.77. The second-order valence-corrected chi connectivity index (χ2v) is 5.62. The summed E-state index contributed by atoms with van der Waals surface area (Å²) in [6, 6.07) is 1.78. The van der Waals surface area contributed by atoms with Crippen LogP contribution in [0.3, 0.4) is 0 Å². The third-order valence-corrected chi connectivity index (χ3v) is 4.18. The lowest BCUT2D eigenvalue weighted by molar-refractivity contribution is -0.0458. The molecule has 0 unspecified atom stereocenters. The van der Waals surface area contributed by atoms with E-state index < -0.39 is 29.7 Å². The van der Waals surface area contributed by atoms with Crippen molar-refractivity contribution >= 4 is 11.3 Å². The summed E-state index contributed by atoms with van der Waals surface area (Å²) in [4.78, 5) is 26.1. The quantitative estimate of drug-likeness (QED) is 0.735. The highest BCUT2D eigenvalue weighted by molar-refractivity contribution is 7.08. The van der Waals surface area contributed by atoms with E-state index in [1.807, 2.05) is 5.38 Å². The molecule has 0 bridgehead atoms. The second-order valence-electron chi connectivity index (χ2n) is 4.84. The van der Waals surface area contributed by atoms with Gasteiger partial charge >= 0.3 is 5.69 Å². The maximum absolute atomic E-state index is 11.9. The Bertz CT molecular complexity index is 736. The van der Waals surface area contributed by atoms with Crippen molar-refractivity contribution < 1.29 is 14.9 Å². The number of nitrogens with zero attached hydrogens (tertiary/aromatic N) is 1. The molecule has 3 atom stereocenters. The van der Waals surface area contributed by atoms with Crippen LogP contribution in [0.1, 0.15) is 12.6 Å². The van der Waals surface area contributed by atoms with Crippen molar-refractivity contribution in [3.63, 3.8) is 0 Å². The molecule has 0 aliphatic carbocycles. The van der Waals surface area contributed by atoms with Gasteiger partial charge in [-0.25, -0.2) is 4.79 Å². The number of thiophene rings is 1. The number of aliphatic hydroxyl groups is 2. The molecule has 0 aromatic carbocycles. The summed E-state index contributed by atoms with van der Waals surface area (Å²) in [6.07, 6.45) is -0.665. The van der Waals surface area contributed by atoms with Crippen LogP contribution in [0.15, 0.2) is 32.6 Å². The lowest BCUT2D eigenvalue weighted by atomic mass is 10.2. The molecule has 1 aliphatic rings. The van der Waals surface area contributed by atoms with Crippen molar-refractivity contribution in [2.75, 3.05) is 6.61 Å². The standard InChI is InChI=1S/C13H14N2O5S/c16-5-10-9(17)3-11(20-10)15-4-8(7-1-2-21-6-7)12(18)14-13(15)19/h1-2,4,6,9-11,16-17H,3,5H2,(H,14,18,19)/t9-,10+,11+/m1/s1. The van der Waals surface area contributed by atoms with Gasteiger partial charge in [-0.15, -0.1) is 0 Å². The Hall–Kier alpha value is -1.74. The highest BCUT2D eigenvalue weighted by atomic mass is 32.1. The van der Waals surface area contributed by atoms with Crippen LogP contribution in [0, 0.1) is 0 Å². The number of ether oxygens (including phenoxy) is 1. The van der Waals surface area contributed by atoms with Gasteiger partial charge in [0.05, 0.1) is 18.3 Å². The van der Waals surface area contributed by atoms with Gasteiger partial charge in [0.2, 0.25) is 0 Å². The first-order chi connectivity index (χ1) is 10.1. The second kappa shape index (κ2) is 5.57. The minimum absolute atomic E-state index is 0.181. The van der Waals surface area contributed by atoms with Crippen LogP contribution < -0.4 is 11.2 Å². The molecular formula is C13H14N2O5S. The molecule has 112 valence electrons. The fraction of sp³-hybridized carbons (Fsp3) is 0.385. The molecule has 21 heavy (non-hydrogen) atoms. The summed E-state index contributed by atoms with van der Waals surface area (Å²) in [7, 11) is 0. The molecule has 0 saturated carbocycles. The summed E-state index contributed by atoms with van der Waals surface area (Å²) in [6.45, 7) is -0.326. The van der Waals surface area contributed by atoms with Gasteiger partial charge in [-0.05, 0) is 22.4 Å². The Balaban J connectivity index is 2.02. The molecule has 7 nitrogen and oxygen atoms in total. The van der Waals surface area contributed by atoms with Crippen molar-refractivity contribution in [1.82, 2.24) is 9.55 Å². The molecular weight excluding hydrogens is 296 g/mol. The van der Waals surface area contributed by atoms with Gasteiger partial charge in [-0.3, -0.25) is 14.3 Å². The summed E-state index contributed by atoms with van der Waals surface area (Å²) >= 11 is 1.45. The zero-order chi connectivity index (χ0) is 15.0. The maximum Gasteiger partial charge on any atom is 0.330 e. The number of aliphatic hydroxyl groups excluding tert-OH is 2. The Labute approximate surface area is 123 Å². The Morgan fingerprint density at radius 2 is 2.29 bits per heavy atom. The topological polar surface area (TPSA) is 105 Å². The zero-order valence-electron chi connectivity index (χ0n) is 10.9. The lowest BCUT2D eigenvalue weighted by Crippen LogP contribution is -2.33. The van der Waals surface area contributed by atoms with Gasteiger partial charge in [0.1, 0.15) is 12.3 Å². The van der Waals surface area contributed by atoms with E-state index in [2.05, 4.69) is 4.98 Å². The summed E-state index contributed by atoms with van der Waals surface area (Å²) in [5, 5.41) is 22.5. The maximum atomic E-state index is 11.9. The fourth-order valence-electron chi connectivity index (χ4n) is 2.37. The van der Waals surface area contributed by atoms with Crippen LogP contribution in [0.4, 0.5) is 0 Å². The van der Waals surface area contributed by atoms with E-state index in [9.17, 15) is 14.7 Å². The van der Waals surface area contributed by atoms with Crippen LogP contribution >= 0.6 is 11.3 Å². The number of aromatic amines is 1. The van der Waals surface area contributed by atoms with E-state index in [1.54, 1.807) is 11.4 Å². The third-order valence-electron chi connectivity index (χ3n) is 3.49. The van der Waals surface area contributed by atoms with Crippen LogP contribution in [-0.2, 0) is 4.74 Å². The van der Waals surface area contributed by atoms with Crippen LogP contribution in [0.2, 0.25) is 0 Å². The third kappa shape index (κ3) is 2.58. The average molecular weight is 310 g/mol. The molecule has 8 heteroatoms. The monoisotopic (exact) mass is 310 g/mol. The van der Waals surface area contributed by atoms with Gasteiger partial charge in [-0.2, -0.15) is 11.3 Å². The van der Waals surface area contributed by atoms with Crippen molar-refractivity contribution in [3.8, 4) is 11.1 Å². The van der Waals surface area contributed by atoms with Gasteiger partial charge < -0.3 is 14.9 Å². The number of aromatic nitrogens is 2. The van der Waals surface area contributed by atoms with E-state index >= 15 is 0 Å². The lowest BCUT2D eigenvalue weighted by Gasteiger charge is -2.15. The Morgan fingerprint density at radius 1 is 1.48 bits per heavy atom. The van der Waals surface area contributed by atoms with Crippen molar-refractivity contribution in [3.05, 3.63) is 43.9 Å². The molecule has 1 saturated heterocycles. The molecule has 3 N–H and O–H groups in total. The molecule has 3 heterocycles. The van der Waals surface area contributed by atoms with E-state index in [4.69, 9.17) is 9.84 Å². The van der Waals surface area contributed by atoms with Gasteiger partial charge in [0.25, 0.3) is 5.56 Å². The number of hydrogen-bond acceptors (Lipinski definition) is 6.